The molecule has 0 aromatic carbocycles. The number of hydrogen-bond acceptors (Lipinski definition) is 4. The van der Waals surface area contributed by atoms with Gasteiger partial charge in [0.1, 0.15) is 0 Å². The first-order valence-corrected chi connectivity index (χ1v) is 9.58. The summed E-state index contributed by atoms with van der Waals surface area (Å²) < 4.78 is 5.45. The molecule has 2 unspecified atom stereocenters. The Kier molecular flexibility index (Phi) is 9.98. The van der Waals surface area contributed by atoms with Crippen LogP contribution in [0.2, 0.25) is 0 Å². The van der Waals surface area contributed by atoms with Crippen LogP contribution < -0.4 is 10.6 Å². The number of aliphatic hydroxyl groups excluding tert-OH is 1. The summed E-state index contributed by atoms with van der Waals surface area (Å²) in [7, 11) is 0. The Labute approximate surface area is 150 Å². The Morgan fingerprint density at radius 2 is 2.04 bits per heavy atom. The number of nitrogens with one attached hydrogen (secondary N) is 2. The first-order chi connectivity index (χ1) is 11.4. The van der Waals surface area contributed by atoms with E-state index in [0.717, 1.165) is 18.9 Å². The van der Waals surface area contributed by atoms with Gasteiger partial charge < -0.3 is 20.5 Å². The lowest BCUT2D eigenvalue weighted by molar-refractivity contribution is 0.0301. The van der Waals surface area contributed by atoms with Crippen molar-refractivity contribution in [2.75, 3.05) is 26.3 Å². The summed E-state index contributed by atoms with van der Waals surface area (Å²) in [6, 6.07) is 4.60. The number of aryl methyl sites for hydroxylation is 1. The number of aliphatic imine (C=N–C) groups is 1. The molecule has 0 amide bonds. The molecular formula is C18H33N3O2S. The molecule has 24 heavy (non-hydrogen) atoms. The second kappa shape index (κ2) is 11.4. The van der Waals surface area contributed by atoms with Gasteiger partial charge in [0, 0.05) is 35.4 Å². The van der Waals surface area contributed by atoms with Crippen molar-refractivity contribution in [2.45, 2.75) is 53.2 Å². The smallest absolute Gasteiger partial charge is 0.191 e. The number of ether oxygens (including phenoxy) is 1. The maximum Gasteiger partial charge on any atom is 0.191 e. The fourth-order valence-corrected chi connectivity index (χ4v) is 3.21. The second-order valence-corrected chi connectivity index (χ2v) is 7.94. The molecule has 1 aromatic rings. The van der Waals surface area contributed by atoms with Crippen molar-refractivity contribution < 1.29 is 9.84 Å². The van der Waals surface area contributed by atoms with Gasteiger partial charge in [-0.3, -0.25) is 4.99 Å². The molecule has 1 aromatic heterocycles. The van der Waals surface area contributed by atoms with Gasteiger partial charge in [-0.1, -0.05) is 13.8 Å². The molecule has 1 heterocycles. The Hall–Kier alpha value is -1.11. The van der Waals surface area contributed by atoms with Crippen molar-refractivity contribution >= 4 is 17.3 Å². The van der Waals surface area contributed by atoms with Crippen LogP contribution in [0.15, 0.2) is 17.1 Å². The second-order valence-electron chi connectivity index (χ2n) is 6.57. The van der Waals surface area contributed by atoms with E-state index in [2.05, 4.69) is 55.5 Å². The zero-order chi connectivity index (χ0) is 17.9. The predicted octanol–water partition coefficient (Wildman–Crippen LogP) is 2.58. The third-order valence-corrected chi connectivity index (χ3v) is 4.28. The summed E-state index contributed by atoms with van der Waals surface area (Å²) in [4.78, 5) is 7.17. The van der Waals surface area contributed by atoms with Gasteiger partial charge in [0.25, 0.3) is 0 Å². The van der Waals surface area contributed by atoms with Gasteiger partial charge in [0.2, 0.25) is 0 Å². The third kappa shape index (κ3) is 9.25. The SMILES string of the molecule is CCNC(=NCC(O)COCC(C)C)NC(C)Cc1ccc(C)s1. The van der Waals surface area contributed by atoms with Gasteiger partial charge in [-0.05, 0) is 38.8 Å². The van der Waals surface area contributed by atoms with Crippen LogP contribution in [0.3, 0.4) is 0 Å². The highest BCUT2D eigenvalue weighted by Crippen LogP contribution is 2.16. The van der Waals surface area contributed by atoms with Crippen LogP contribution in [0.25, 0.3) is 0 Å². The molecule has 0 saturated heterocycles. The largest absolute Gasteiger partial charge is 0.389 e. The number of nitrogens with zero attached hydrogens (tertiary/aromatic N) is 1. The molecule has 138 valence electrons. The Morgan fingerprint density at radius 3 is 2.62 bits per heavy atom. The molecule has 1 rings (SSSR count). The van der Waals surface area contributed by atoms with E-state index in [1.807, 2.05) is 18.3 Å². The minimum atomic E-state index is -0.575. The highest BCUT2D eigenvalue weighted by molar-refractivity contribution is 7.11. The maximum atomic E-state index is 9.97. The standard InChI is InChI=1S/C18H33N3O2S/c1-6-19-18(20-10-16(22)12-23-11-13(2)3)21-14(4)9-17-8-7-15(5)24-17/h7-8,13-14,16,22H,6,9-12H2,1-5H3,(H2,19,20,21). The lowest BCUT2D eigenvalue weighted by Gasteiger charge is -2.18. The normalized spacial score (nSPS) is 14.7. The molecule has 0 saturated carbocycles. The van der Waals surface area contributed by atoms with Crippen molar-refractivity contribution in [1.82, 2.24) is 10.6 Å². The van der Waals surface area contributed by atoms with Crippen LogP contribution in [0.5, 0.6) is 0 Å². The van der Waals surface area contributed by atoms with E-state index in [0.29, 0.717) is 25.7 Å². The molecule has 0 spiro atoms. The molecule has 6 heteroatoms. The van der Waals surface area contributed by atoms with E-state index in [-0.39, 0.29) is 6.04 Å². The molecule has 2 atom stereocenters. The third-order valence-electron chi connectivity index (χ3n) is 3.25. The Bertz CT molecular complexity index is 488. The fourth-order valence-electron chi connectivity index (χ4n) is 2.19. The van der Waals surface area contributed by atoms with Gasteiger partial charge in [0.15, 0.2) is 5.96 Å². The molecule has 0 bridgehead atoms. The number of thiophene rings is 1. The highest BCUT2D eigenvalue weighted by Gasteiger charge is 2.09. The van der Waals surface area contributed by atoms with Crippen molar-refractivity contribution in [3.05, 3.63) is 21.9 Å². The van der Waals surface area contributed by atoms with Gasteiger partial charge in [-0.2, -0.15) is 0 Å². The van der Waals surface area contributed by atoms with Crippen molar-refractivity contribution in [3.8, 4) is 0 Å². The van der Waals surface area contributed by atoms with Crippen LogP contribution in [-0.4, -0.2) is 49.5 Å². The average Bonchev–Trinajstić information content (AvgIpc) is 2.89. The predicted molar refractivity (Wildman–Crippen MR) is 103 cm³/mol. The summed E-state index contributed by atoms with van der Waals surface area (Å²) >= 11 is 1.83. The first kappa shape index (κ1) is 20.9. The van der Waals surface area contributed by atoms with Crippen LogP contribution in [0, 0.1) is 12.8 Å². The summed E-state index contributed by atoms with van der Waals surface area (Å²) in [5.74, 6) is 1.21. The quantitative estimate of drug-likeness (QED) is 0.446. The lowest BCUT2D eigenvalue weighted by Crippen LogP contribution is -2.43. The van der Waals surface area contributed by atoms with Gasteiger partial charge in [-0.25, -0.2) is 0 Å². The summed E-state index contributed by atoms with van der Waals surface area (Å²) in [6.07, 6.45) is 0.387. The highest BCUT2D eigenvalue weighted by atomic mass is 32.1. The van der Waals surface area contributed by atoms with Crippen LogP contribution in [0.1, 0.15) is 37.4 Å². The van der Waals surface area contributed by atoms with Crippen LogP contribution >= 0.6 is 11.3 Å². The molecule has 0 radical (unpaired) electrons. The summed E-state index contributed by atoms with van der Waals surface area (Å²) in [5.41, 5.74) is 0. The van der Waals surface area contributed by atoms with E-state index < -0.39 is 6.10 Å². The van der Waals surface area contributed by atoms with E-state index in [1.54, 1.807) is 0 Å². The van der Waals surface area contributed by atoms with Crippen molar-refractivity contribution in [3.63, 3.8) is 0 Å². The lowest BCUT2D eigenvalue weighted by atomic mass is 10.2. The Balaban J connectivity index is 2.43. The number of aliphatic hydroxyl groups is 1. The van der Waals surface area contributed by atoms with E-state index in [1.165, 1.54) is 9.75 Å². The number of rotatable bonds is 10. The van der Waals surface area contributed by atoms with Gasteiger partial charge >= 0.3 is 0 Å². The van der Waals surface area contributed by atoms with Crippen molar-refractivity contribution in [2.24, 2.45) is 10.9 Å². The summed E-state index contributed by atoms with van der Waals surface area (Å²) in [5, 5.41) is 16.6. The van der Waals surface area contributed by atoms with E-state index in [9.17, 15) is 5.11 Å². The maximum absolute atomic E-state index is 9.97. The Morgan fingerprint density at radius 1 is 1.29 bits per heavy atom. The van der Waals surface area contributed by atoms with Gasteiger partial charge in [-0.15, -0.1) is 11.3 Å². The molecule has 5 nitrogen and oxygen atoms in total. The van der Waals surface area contributed by atoms with Crippen molar-refractivity contribution in [1.29, 1.82) is 0 Å². The van der Waals surface area contributed by atoms with Crippen LogP contribution in [0.4, 0.5) is 0 Å². The molecule has 0 aliphatic heterocycles. The number of guanidine groups is 1. The van der Waals surface area contributed by atoms with E-state index in [4.69, 9.17) is 4.74 Å². The molecular weight excluding hydrogens is 322 g/mol. The average molecular weight is 356 g/mol. The number of hydrogen-bond donors (Lipinski definition) is 3. The molecule has 0 aliphatic carbocycles. The molecule has 3 N–H and O–H groups in total. The zero-order valence-electron chi connectivity index (χ0n) is 15.6. The van der Waals surface area contributed by atoms with Crippen LogP contribution in [-0.2, 0) is 11.2 Å². The van der Waals surface area contributed by atoms with E-state index >= 15 is 0 Å². The topological polar surface area (TPSA) is 65.9 Å². The summed E-state index contributed by atoms with van der Waals surface area (Å²) in [6.45, 7) is 12.6. The van der Waals surface area contributed by atoms with Gasteiger partial charge in [0.05, 0.1) is 19.3 Å². The zero-order valence-corrected chi connectivity index (χ0v) is 16.4. The fraction of sp³-hybridized carbons (Fsp3) is 0.722. The minimum Gasteiger partial charge on any atom is -0.389 e. The first-order valence-electron chi connectivity index (χ1n) is 8.76. The minimum absolute atomic E-state index is 0.273. The molecule has 0 fully saturated rings. The monoisotopic (exact) mass is 355 g/mol. The molecule has 0 aliphatic rings.